The van der Waals surface area contributed by atoms with Gasteiger partial charge in [0.2, 0.25) is 0 Å². The zero-order valence-corrected chi connectivity index (χ0v) is 16.8. The molecule has 5 nitrogen and oxygen atoms in total. The summed E-state index contributed by atoms with van der Waals surface area (Å²) in [4.78, 5) is 12.2. The molecular formula is C20H31N3O2S. The number of benzene rings is 1. The molecule has 26 heavy (non-hydrogen) atoms. The number of hydrazine groups is 1. The zero-order valence-electron chi connectivity index (χ0n) is 16.0. The molecule has 0 spiro atoms. The predicted molar refractivity (Wildman–Crippen MR) is 109 cm³/mol. The Labute approximate surface area is 162 Å². The van der Waals surface area contributed by atoms with Crippen LogP contribution in [-0.4, -0.2) is 23.7 Å². The van der Waals surface area contributed by atoms with Crippen molar-refractivity contribution in [3.63, 3.8) is 0 Å². The molecule has 1 saturated carbocycles. The van der Waals surface area contributed by atoms with Crippen molar-refractivity contribution >= 4 is 23.2 Å². The van der Waals surface area contributed by atoms with Crippen molar-refractivity contribution in [3.8, 4) is 5.75 Å². The van der Waals surface area contributed by atoms with E-state index in [-0.39, 0.29) is 5.91 Å². The summed E-state index contributed by atoms with van der Waals surface area (Å²) in [6, 6.07) is 7.48. The molecule has 1 amide bonds. The highest BCUT2D eigenvalue weighted by Crippen LogP contribution is 2.29. The van der Waals surface area contributed by atoms with E-state index in [0.717, 1.165) is 25.0 Å². The van der Waals surface area contributed by atoms with E-state index in [1.807, 2.05) is 12.1 Å². The van der Waals surface area contributed by atoms with Crippen molar-refractivity contribution in [1.82, 2.24) is 16.2 Å². The van der Waals surface area contributed by atoms with Crippen LogP contribution in [0.2, 0.25) is 0 Å². The number of carbonyl (C=O) groups is 1. The van der Waals surface area contributed by atoms with E-state index < -0.39 is 0 Å². The van der Waals surface area contributed by atoms with E-state index >= 15 is 0 Å². The Morgan fingerprint density at radius 1 is 1.19 bits per heavy atom. The molecule has 1 aromatic carbocycles. The predicted octanol–water partition coefficient (Wildman–Crippen LogP) is 3.80. The number of hydrogen-bond acceptors (Lipinski definition) is 3. The zero-order chi connectivity index (χ0) is 18.9. The third kappa shape index (κ3) is 6.16. The standard InChI is InChI=1S/C20H31N3O2S/c1-4-5-13-25-17-11-9-16(10-12-17)19(24)22-23-20(26)21-18-8-6-7-14(2)15(18)3/h9-12,14-15,18H,4-8,13H2,1-3H3,(H,22,24)(H2,21,23,26)/t14-,15+,18-/m1/s1. The second-order valence-electron chi connectivity index (χ2n) is 7.15. The van der Waals surface area contributed by atoms with Gasteiger partial charge in [0.15, 0.2) is 5.11 Å². The lowest BCUT2D eigenvalue weighted by Crippen LogP contribution is -2.52. The molecule has 0 radical (unpaired) electrons. The second kappa shape index (κ2) is 10.4. The van der Waals surface area contributed by atoms with Crippen molar-refractivity contribution in [3.05, 3.63) is 29.8 Å². The minimum Gasteiger partial charge on any atom is -0.494 e. The van der Waals surface area contributed by atoms with E-state index in [2.05, 4.69) is 36.9 Å². The summed E-state index contributed by atoms with van der Waals surface area (Å²) in [7, 11) is 0. The van der Waals surface area contributed by atoms with Gasteiger partial charge in [-0.3, -0.25) is 15.6 Å². The van der Waals surface area contributed by atoms with Crippen LogP contribution in [-0.2, 0) is 0 Å². The van der Waals surface area contributed by atoms with E-state index in [9.17, 15) is 4.79 Å². The van der Waals surface area contributed by atoms with Crippen LogP contribution < -0.4 is 20.9 Å². The number of rotatable bonds is 6. The molecule has 3 atom stereocenters. The minimum absolute atomic E-state index is 0.223. The number of ether oxygens (including phenoxy) is 1. The molecule has 0 heterocycles. The lowest BCUT2D eigenvalue weighted by atomic mass is 9.78. The van der Waals surface area contributed by atoms with Gasteiger partial charge in [-0.1, -0.05) is 40.0 Å². The van der Waals surface area contributed by atoms with E-state index in [0.29, 0.717) is 35.2 Å². The SMILES string of the molecule is CCCCOc1ccc(C(=O)NNC(=S)N[C@@H]2CCC[C@@H](C)[C@@H]2C)cc1. The highest BCUT2D eigenvalue weighted by atomic mass is 32.1. The maximum absolute atomic E-state index is 12.2. The number of unbranched alkanes of at least 4 members (excludes halogenated alkanes) is 1. The first-order valence-corrected chi connectivity index (χ1v) is 10.0. The molecule has 0 saturated heterocycles. The Morgan fingerprint density at radius 2 is 1.92 bits per heavy atom. The Hall–Kier alpha value is -1.82. The molecule has 6 heteroatoms. The molecule has 0 aromatic heterocycles. The van der Waals surface area contributed by atoms with Crippen LogP contribution in [0, 0.1) is 11.8 Å². The summed E-state index contributed by atoms with van der Waals surface area (Å²) in [6.07, 6.45) is 5.72. The maximum Gasteiger partial charge on any atom is 0.269 e. The van der Waals surface area contributed by atoms with Crippen molar-refractivity contribution < 1.29 is 9.53 Å². The first-order chi connectivity index (χ1) is 12.5. The van der Waals surface area contributed by atoms with Crippen LogP contribution in [0.15, 0.2) is 24.3 Å². The van der Waals surface area contributed by atoms with Crippen LogP contribution in [0.3, 0.4) is 0 Å². The Balaban J connectivity index is 1.76. The van der Waals surface area contributed by atoms with Gasteiger partial charge in [-0.15, -0.1) is 0 Å². The molecule has 0 unspecified atom stereocenters. The Bertz CT molecular complexity index is 591. The van der Waals surface area contributed by atoms with Crippen molar-refractivity contribution in [1.29, 1.82) is 0 Å². The van der Waals surface area contributed by atoms with Gasteiger partial charge < -0.3 is 10.1 Å². The summed E-state index contributed by atoms with van der Waals surface area (Å²) in [5, 5.41) is 3.79. The first-order valence-electron chi connectivity index (χ1n) is 9.61. The topological polar surface area (TPSA) is 62.4 Å². The monoisotopic (exact) mass is 377 g/mol. The largest absolute Gasteiger partial charge is 0.494 e. The summed E-state index contributed by atoms with van der Waals surface area (Å²) in [5.74, 6) is 1.82. The minimum atomic E-state index is -0.223. The summed E-state index contributed by atoms with van der Waals surface area (Å²) in [5.41, 5.74) is 6.02. The molecule has 1 fully saturated rings. The number of amides is 1. The lowest BCUT2D eigenvalue weighted by Gasteiger charge is -2.35. The van der Waals surface area contributed by atoms with Crippen LogP contribution in [0.1, 0.15) is 63.2 Å². The average molecular weight is 378 g/mol. The number of nitrogens with one attached hydrogen (secondary N) is 3. The number of hydrogen-bond donors (Lipinski definition) is 3. The molecule has 2 rings (SSSR count). The van der Waals surface area contributed by atoms with Crippen molar-refractivity contribution in [2.75, 3.05) is 6.61 Å². The van der Waals surface area contributed by atoms with Crippen LogP contribution in [0.5, 0.6) is 5.75 Å². The van der Waals surface area contributed by atoms with Crippen LogP contribution in [0.4, 0.5) is 0 Å². The number of thiocarbonyl (C=S) groups is 1. The van der Waals surface area contributed by atoms with Gasteiger partial charge in [0.25, 0.3) is 5.91 Å². The normalized spacial score (nSPS) is 22.3. The second-order valence-corrected chi connectivity index (χ2v) is 7.56. The molecule has 1 aliphatic carbocycles. The van der Waals surface area contributed by atoms with Crippen LogP contribution >= 0.6 is 12.2 Å². The third-order valence-corrected chi connectivity index (χ3v) is 5.42. The molecule has 3 N–H and O–H groups in total. The van der Waals surface area contributed by atoms with Crippen molar-refractivity contribution in [2.45, 2.75) is 58.9 Å². The average Bonchev–Trinajstić information content (AvgIpc) is 2.64. The van der Waals surface area contributed by atoms with E-state index in [4.69, 9.17) is 17.0 Å². The molecule has 144 valence electrons. The fourth-order valence-corrected chi connectivity index (χ4v) is 3.42. The fourth-order valence-electron chi connectivity index (χ4n) is 3.21. The maximum atomic E-state index is 12.2. The Kier molecular flexibility index (Phi) is 8.16. The molecule has 1 aromatic rings. The van der Waals surface area contributed by atoms with Crippen LogP contribution in [0.25, 0.3) is 0 Å². The molecule has 1 aliphatic rings. The van der Waals surface area contributed by atoms with Gasteiger partial charge in [0.1, 0.15) is 5.75 Å². The van der Waals surface area contributed by atoms with Gasteiger partial charge in [-0.25, -0.2) is 0 Å². The van der Waals surface area contributed by atoms with Gasteiger partial charge in [0.05, 0.1) is 6.61 Å². The quantitative estimate of drug-likeness (QED) is 0.400. The summed E-state index contributed by atoms with van der Waals surface area (Å²) >= 11 is 5.32. The van der Waals surface area contributed by atoms with E-state index in [1.165, 1.54) is 12.8 Å². The Morgan fingerprint density at radius 3 is 2.62 bits per heavy atom. The molecular weight excluding hydrogens is 346 g/mol. The van der Waals surface area contributed by atoms with Gasteiger partial charge in [0, 0.05) is 11.6 Å². The first kappa shape index (κ1) is 20.5. The van der Waals surface area contributed by atoms with Gasteiger partial charge in [-0.05, 0) is 61.2 Å². The summed E-state index contributed by atoms with van der Waals surface area (Å²) in [6.45, 7) is 7.36. The highest BCUT2D eigenvalue weighted by molar-refractivity contribution is 7.80. The lowest BCUT2D eigenvalue weighted by molar-refractivity contribution is 0.0943. The third-order valence-electron chi connectivity index (χ3n) is 5.20. The fraction of sp³-hybridized carbons (Fsp3) is 0.600. The molecule has 0 aliphatic heterocycles. The van der Waals surface area contributed by atoms with E-state index in [1.54, 1.807) is 12.1 Å². The number of carbonyl (C=O) groups excluding carboxylic acids is 1. The smallest absolute Gasteiger partial charge is 0.269 e. The van der Waals surface area contributed by atoms with Gasteiger partial charge >= 0.3 is 0 Å². The van der Waals surface area contributed by atoms with Crippen molar-refractivity contribution in [2.24, 2.45) is 11.8 Å². The van der Waals surface area contributed by atoms with Gasteiger partial charge in [-0.2, -0.15) is 0 Å². The summed E-state index contributed by atoms with van der Waals surface area (Å²) < 4.78 is 5.60. The highest BCUT2D eigenvalue weighted by Gasteiger charge is 2.27. The molecule has 0 bridgehead atoms.